The number of benzene rings is 1. The Bertz CT molecular complexity index is 1270. The molecular weight excluding hydrogens is 416 g/mol. The normalized spacial score (nSPS) is 16.7. The summed E-state index contributed by atoms with van der Waals surface area (Å²) < 4.78 is 7.07. The zero-order valence-electron chi connectivity index (χ0n) is 15.0. The van der Waals surface area contributed by atoms with Crippen molar-refractivity contribution in [3.8, 4) is 0 Å². The fourth-order valence-corrected chi connectivity index (χ4v) is 5.19. The van der Waals surface area contributed by atoms with Crippen molar-refractivity contribution < 1.29 is 9.53 Å². The summed E-state index contributed by atoms with van der Waals surface area (Å²) in [6.45, 7) is 1.74. The number of fused-ring (bicyclic) bond motifs is 1. The Hall–Kier alpha value is -2.48. The van der Waals surface area contributed by atoms with Crippen LogP contribution in [0.25, 0.3) is 6.08 Å². The zero-order chi connectivity index (χ0) is 19.8. The molecule has 2 aromatic heterocycles. The van der Waals surface area contributed by atoms with Gasteiger partial charge in [0.05, 0.1) is 22.9 Å². The van der Waals surface area contributed by atoms with Gasteiger partial charge in [-0.1, -0.05) is 47.2 Å². The molecule has 5 nitrogen and oxygen atoms in total. The molecule has 28 heavy (non-hydrogen) atoms. The number of carbonyl (C=O) groups excluding carboxylic acids is 1. The van der Waals surface area contributed by atoms with E-state index < -0.39 is 12.0 Å². The number of nitrogens with zero attached hydrogens (tertiary/aromatic N) is 2. The first-order valence-corrected chi connectivity index (χ1v) is 10.5. The first kappa shape index (κ1) is 18.9. The molecule has 8 heteroatoms. The first-order valence-electron chi connectivity index (χ1n) is 8.40. The van der Waals surface area contributed by atoms with Gasteiger partial charge in [0.1, 0.15) is 6.04 Å². The van der Waals surface area contributed by atoms with Crippen LogP contribution in [-0.4, -0.2) is 17.6 Å². The molecule has 0 saturated carbocycles. The largest absolute Gasteiger partial charge is 0.466 e. The number of thiophene rings is 1. The second-order valence-electron chi connectivity index (χ2n) is 6.11. The molecule has 0 N–H and O–H groups in total. The van der Waals surface area contributed by atoms with Crippen LogP contribution in [0, 0.1) is 0 Å². The fraction of sp³-hybridized carbons (Fsp3) is 0.150. The van der Waals surface area contributed by atoms with Crippen LogP contribution in [0.2, 0.25) is 5.02 Å². The van der Waals surface area contributed by atoms with Gasteiger partial charge in [-0.2, -0.15) is 0 Å². The number of esters is 1. The lowest BCUT2D eigenvalue weighted by atomic mass is 9.96. The van der Waals surface area contributed by atoms with Gasteiger partial charge < -0.3 is 4.74 Å². The summed E-state index contributed by atoms with van der Waals surface area (Å²) in [5.41, 5.74) is 1.27. The molecule has 1 atom stereocenters. The molecule has 0 aliphatic carbocycles. The SMILES string of the molecule is COC(=O)C1=C(C)N=c2s/c(=C/c3cccs3)c(=O)n2[C@H]1c1ccccc1Cl. The first-order chi connectivity index (χ1) is 13.5. The highest BCUT2D eigenvalue weighted by Gasteiger charge is 2.34. The zero-order valence-corrected chi connectivity index (χ0v) is 17.4. The van der Waals surface area contributed by atoms with Gasteiger partial charge in [0.25, 0.3) is 5.56 Å². The summed E-state index contributed by atoms with van der Waals surface area (Å²) in [5.74, 6) is -0.529. The molecule has 0 unspecified atom stereocenters. The molecule has 0 saturated heterocycles. The van der Waals surface area contributed by atoms with Crippen molar-refractivity contribution in [2.75, 3.05) is 7.11 Å². The average molecular weight is 431 g/mol. The molecule has 0 radical (unpaired) electrons. The van der Waals surface area contributed by atoms with E-state index in [4.69, 9.17) is 16.3 Å². The summed E-state index contributed by atoms with van der Waals surface area (Å²) in [5, 5.41) is 2.42. The number of ether oxygens (including phenoxy) is 1. The second-order valence-corrected chi connectivity index (χ2v) is 8.51. The van der Waals surface area contributed by atoms with E-state index in [0.717, 1.165) is 4.88 Å². The van der Waals surface area contributed by atoms with Crippen LogP contribution < -0.4 is 14.9 Å². The Morgan fingerprint density at radius 2 is 2.07 bits per heavy atom. The number of carbonyl (C=O) groups is 1. The van der Waals surface area contributed by atoms with Crippen molar-refractivity contribution in [2.24, 2.45) is 4.99 Å². The summed E-state index contributed by atoms with van der Waals surface area (Å²) in [6.07, 6.45) is 1.84. The van der Waals surface area contributed by atoms with E-state index >= 15 is 0 Å². The van der Waals surface area contributed by atoms with Crippen molar-refractivity contribution in [3.05, 3.63) is 88.2 Å². The molecular formula is C20H15ClN2O3S2. The number of hydrogen-bond donors (Lipinski definition) is 0. The lowest BCUT2D eigenvalue weighted by Gasteiger charge is -2.25. The highest BCUT2D eigenvalue weighted by atomic mass is 35.5. The van der Waals surface area contributed by atoms with Crippen LogP contribution in [0.1, 0.15) is 23.4 Å². The van der Waals surface area contributed by atoms with Crippen molar-refractivity contribution in [3.63, 3.8) is 0 Å². The molecule has 0 spiro atoms. The van der Waals surface area contributed by atoms with E-state index in [0.29, 0.717) is 31.2 Å². The Morgan fingerprint density at radius 3 is 2.75 bits per heavy atom. The smallest absolute Gasteiger partial charge is 0.338 e. The second kappa shape index (κ2) is 7.50. The quantitative estimate of drug-likeness (QED) is 0.600. The Morgan fingerprint density at radius 1 is 1.29 bits per heavy atom. The average Bonchev–Trinajstić information content (AvgIpc) is 3.29. The third kappa shape index (κ3) is 3.15. The molecule has 142 valence electrons. The van der Waals surface area contributed by atoms with Gasteiger partial charge in [0.2, 0.25) is 0 Å². The van der Waals surface area contributed by atoms with Gasteiger partial charge in [-0.05, 0) is 36.1 Å². The minimum atomic E-state index is -0.692. The van der Waals surface area contributed by atoms with Crippen LogP contribution in [0.3, 0.4) is 0 Å². The molecule has 1 aromatic carbocycles. The summed E-state index contributed by atoms with van der Waals surface area (Å²) in [6, 6.07) is 10.4. The summed E-state index contributed by atoms with van der Waals surface area (Å²) in [7, 11) is 1.31. The standard InChI is InChI=1S/C20H15ClN2O3S2/c1-11-16(19(25)26-2)17(13-7-3-4-8-14(13)21)23-18(24)15(28-20(23)22-11)10-12-6-5-9-27-12/h3-10,17H,1-2H3/b15-10+/t17-/m0/s1. The number of methoxy groups -OCH3 is 1. The lowest BCUT2D eigenvalue weighted by molar-refractivity contribution is -0.136. The minimum Gasteiger partial charge on any atom is -0.466 e. The van der Waals surface area contributed by atoms with Gasteiger partial charge in [-0.3, -0.25) is 9.36 Å². The maximum Gasteiger partial charge on any atom is 0.338 e. The van der Waals surface area contributed by atoms with E-state index in [1.165, 1.54) is 23.0 Å². The maximum atomic E-state index is 13.3. The summed E-state index contributed by atoms with van der Waals surface area (Å²) in [4.78, 5) is 31.8. The van der Waals surface area contributed by atoms with Crippen LogP contribution >= 0.6 is 34.3 Å². The molecule has 3 heterocycles. The van der Waals surface area contributed by atoms with Crippen LogP contribution in [-0.2, 0) is 9.53 Å². The molecule has 0 fully saturated rings. The van der Waals surface area contributed by atoms with Crippen molar-refractivity contribution in [1.82, 2.24) is 4.57 Å². The van der Waals surface area contributed by atoms with Crippen LogP contribution in [0.4, 0.5) is 0 Å². The summed E-state index contributed by atoms with van der Waals surface area (Å²) >= 11 is 9.28. The van der Waals surface area contributed by atoms with E-state index in [2.05, 4.69) is 4.99 Å². The van der Waals surface area contributed by atoms with Crippen LogP contribution in [0.15, 0.2) is 62.8 Å². The Balaban J connectivity index is 2.03. The number of thiazole rings is 1. The number of allylic oxidation sites excluding steroid dienone is 1. The molecule has 0 bridgehead atoms. The van der Waals surface area contributed by atoms with E-state index in [-0.39, 0.29) is 5.56 Å². The lowest BCUT2D eigenvalue weighted by Crippen LogP contribution is -2.39. The van der Waals surface area contributed by atoms with Crippen molar-refractivity contribution in [1.29, 1.82) is 0 Å². The number of halogens is 1. The third-order valence-corrected chi connectivity index (χ3v) is 6.59. The highest BCUT2D eigenvalue weighted by molar-refractivity contribution is 7.11. The van der Waals surface area contributed by atoms with Crippen molar-refractivity contribution in [2.45, 2.75) is 13.0 Å². The molecule has 0 amide bonds. The van der Waals surface area contributed by atoms with Gasteiger partial charge in [0.15, 0.2) is 4.80 Å². The predicted molar refractivity (Wildman–Crippen MR) is 112 cm³/mol. The predicted octanol–water partition coefficient (Wildman–Crippen LogP) is 3.12. The van der Waals surface area contributed by atoms with Gasteiger partial charge in [-0.25, -0.2) is 9.79 Å². The monoisotopic (exact) mass is 430 g/mol. The van der Waals surface area contributed by atoms with Gasteiger partial charge in [0, 0.05) is 9.90 Å². The molecule has 3 aromatic rings. The van der Waals surface area contributed by atoms with Gasteiger partial charge in [-0.15, -0.1) is 11.3 Å². The fourth-order valence-electron chi connectivity index (χ4n) is 3.19. The minimum absolute atomic E-state index is 0.212. The van der Waals surface area contributed by atoms with Crippen LogP contribution in [0.5, 0.6) is 0 Å². The van der Waals surface area contributed by atoms with E-state index in [1.54, 1.807) is 30.4 Å². The Labute approximate surface area is 173 Å². The maximum absolute atomic E-state index is 13.3. The highest BCUT2D eigenvalue weighted by Crippen LogP contribution is 2.34. The number of rotatable bonds is 3. The molecule has 4 rings (SSSR count). The Kier molecular flexibility index (Phi) is 5.05. The van der Waals surface area contributed by atoms with E-state index in [9.17, 15) is 9.59 Å². The topological polar surface area (TPSA) is 60.7 Å². The molecule has 1 aliphatic heterocycles. The third-order valence-electron chi connectivity index (χ3n) is 4.44. The van der Waals surface area contributed by atoms with Crippen molar-refractivity contribution >= 4 is 46.3 Å². The van der Waals surface area contributed by atoms with E-state index in [1.807, 2.05) is 35.7 Å². The molecule has 1 aliphatic rings. The van der Waals surface area contributed by atoms with Gasteiger partial charge >= 0.3 is 5.97 Å². The number of aromatic nitrogens is 1. The number of hydrogen-bond acceptors (Lipinski definition) is 6.